The molecule has 0 aliphatic heterocycles. The molecule has 1 aliphatic rings. The number of rotatable bonds is 6. The Morgan fingerprint density at radius 1 is 1.25 bits per heavy atom. The van der Waals surface area contributed by atoms with Crippen LogP contribution >= 0.6 is 0 Å². The highest BCUT2D eigenvalue weighted by molar-refractivity contribution is 6.45. The van der Waals surface area contributed by atoms with Crippen molar-refractivity contribution in [1.29, 1.82) is 0 Å². The van der Waals surface area contributed by atoms with Crippen LogP contribution in [0, 0.1) is 5.41 Å². The molecule has 0 radical (unpaired) electrons. The zero-order valence-corrected chi connectivity index (χ0v) is 14.8. The molecular weight excluding hydrogens is 312 g/mol. The second-order valence-electron chi connectivity index (χ2n) is 6.53. The van der Waals surface area contributed by atoms with Crippen LogP contribution < -0.4 is 5.32 Å². The summed E-state index contributed by atoms with van der Waals surface area (Å²) in [4.78, 5) is 40.5. The Kier molecular flexibility index (Phi) is 7.61. The van der Waals surface area contributed by atoms with E-state index in [2.05, 4.69) is 10.5 Å². The topological polar surface area (TPSA) is 94.1 Å². The first kappa shape index (κ1) is 19.9. The molecule has 7 heteroatoms. The molecule has 1 N–H and O–H groups in total. The maximum Gasteiger partial charge on any atom is 0.340 e. The fourth-order valence-electron chi connectivity index (χ4n) is 1.97. The van der Waals surface area contributed by atoms with Crippen molar-refractivity contribution in [2.75, 3.05) is 13.2 Å². The van der Waals surface area contributed by atoms with E-state index in [4.69, 9.17) is 9.57 Å². The van der Waals surface area contributed by atoms with Gasteiger partial charge < -0.3 is 14.9 Å². The first-order chi connectivity index (χ1) is 11.3. The minimum atomic E-state index is -0.725. The van der Waals surface area contributed by atoms with E-state index in [9.17, 15) is 14.4 Å². The lowest BCUT2D eigenvalue weighted by Gasteiger charge is -2.16. The molecule has 1 amide bonds. The average Bonchev–Trinajstić information content (AvgIpc) is 2.53. The number of nitrogens with one attached hydrogen (secondary N) is 1. The Morgan fingerprint density at radius 3 is 2.50 bits per heavy atom. The van der Waals surface area contributed by atoms with Gasteiger partial charge in [0, 0.05) is 0 Å². The quantitative estimate of drug-likeness (QED) is 0.346. The first-order valence-corrected chi connectivity index (χ1v) is 8.18. The number of oxime groups is 1. The van der Waals surface area contributed by atoms with Gasteiger partial charge in [-0.1, -0.05) is 11.2 Å². The van der Waals surface area contributed by atoms with E-state index >= 15 is 0 Å². The number of esters is 1. The number of carbonyl (C=O) groups is 3. The maximum absolute atomic E-state index is 12.3. The summed E-state index contributed by atoms with van der Waals surface area (Å²) in [5.41, 5.74) is 0.0395. The van der Waals surface area contributed by atoms with Crippen LogP contribution in [0.5, 0.6) is 0 Å². The summed E-state index contributed by atoms with van der Waals surface area (Å²) in [6.45, 7) is 6.77. The summed E-state index contributed by atoms with van der Waals surface area (Å²) in [5, 5.41) is 6.22. The molecule has 0 aromatic heterocycles. The van der Waals surface area contributed by atoms with Gasteiger partial charge in [-0.2, -0.15) is 0 Å². The van der Waals surface area contributed by atoms with Crippen LogP contribution in [-0.2, 0) is 24.0 Å². The number of hydrogen-bond donors (Lipinski definition) is 1. The van der Waals surface area contributed by atoms with Crippen LogP contribution in [0.3, 0.4) is 0 Å². The predicted molar refractivity (Wildman–Crippen MR) is 89.2 cm³/mol. The van der Waals surface area contributed by atoms with Crippen LogP contribution in [0.1, 0.15) is 53.4 Å². The van der Waals surface area contributed by atoms with E-state index in [1.807, 2.05) is 6.08 Å². The molecule has 0 unspecified atom stereocenters. The molecule has 24 heavy (non-hydrogen) atoms. The monoisotopic (exact) mass is 338 g/mol. The van der Waals surface area contributed by atoms with Crippen molar-refractivity contribution in [3.63, 3.8) is 0 Å². The van der Waals surface area contributed by atoms with E-state index < -0.39 is 23.3 Å². The van der Waals surface area contributed by atoms with Crippen molar-refractivity contribution < 1.29 is 24.0 Å². The molecule has 0 fully saturated rings. The highest BCUT2D eigenvalue weighted by Gasteiger charge is 2.26. The number of allylic oxidation sites excluding steroid dienone is 1. The SMILES string of the molecule is CCOC(=O)CNC(=O)/C(=N/OC(=O)C(C)(C)C)C1=CCCCC1. The minimum absolute atomic E-state index is 0.0385. The van der Waals surface area contributed by atoms with Crippen molar-refractivity contribution in [3.8, 4) is 0 Å². The third kappa shape index (κ3) is 6.52. The molecule has 1 rings (SSSR count). The lowest BCUT2D eigenvalue weighted by molar-refractivity contribution is -0.153. The summed E-state index contributed by atoms with van der Waals surface area (Å²) < 4.78 is 4.77. The highest BCUT2D eigenvalue weighted by atomic mass is 16.7. The number of ether oxygens (including phenoxy) is 1. The fraction of sp³-hybridized carbons (Fsp3) is 0.647. The average molecular weight is 338 g/mol. The summed E-state index contributed by atoms with van der Waals surface area (Å²) in [5.74, 6) is -1.62. The highest BCUT2D eigenvalue weighted by Crippen LogP contribution is 2.20. The van der Waals surface area contributed by atoms with Gasteiger partial charge in [0.15, 0.2) is 5.71 Å². The van der Waals surface area contributed by atoms with Gasteiger partial charge in [0.25, 0.3) is 5.91 Å². The van der Waals surface area contributed by atoms with E-state index in [-0.39, 0.29) is 18.9 Å². The van der Waals surface area contributed by atoms with Gasteiger partial charge in [-0.15, -0.1) is 0 Å². The second-order valence-corrected chi connectivity index (χ2v) is 6.53. The molecule has 0 aromatic rings. The van der Waals surface area contributed by atoms with Gasteiger partial charge in [-0.3, -0.25) is 9.59 Å². The van der Waals surface area contributed by atoms with Crippen molar-refractivity contribution in [2.24, 2.45) is 10.6 Å². The van der Waals surface area contributed by atoms with Crippen LogP contribution in [-0.4, -0.2) is 36.7 Å². The summed E-state index contributed by atoms with van der Waals surface area (Å²) in [6, 6.07) is 0. The van der Waals surface area contributed by atoms with Gasteiger partial charge in [-0.25, -0.2) is 4.79 Å². The van der Waals surface area contributed by atoms with Gasteiger partial charge in [0.05, 0.1) is 12.0 Å². The number of amides is 1. The van der Waals surface area contributed by atoms with Crippen molar-refractivity contribution >= 4 is 23.6 Å². The molecule has 7 nitrogen and oxygen atoms in total. The largest absolute Gasteiger partial charge is 0.465 e. The van der Waals surface area contributed by atoms with Crippen molar-refractivity contribution in [3.05, 3.63) is 11.6 Å². The molecule has 0 atom stereocenters. The van der Waals surface area contributed by atoms with Crippen molar-refractivity contribution in [2.45, 2.75) is 53.4 Å². The molecule has 134 valence electrons. The third-order valence-electron chi connectivity index (χ3n) is 3.34. The van der Waals surface area contributed by atoms with E-state index in [1.165, 1.54) is 0 Å². The fourth-order valence-corrected chi connectivity index (χ4v) is 1.97. The summed E-state index contributed by atoms with van der Waals surface area (Å²) in [7, 11) is 0. The maximum atomic E-state index is 12.3. The molecule has 0 saturated carbocycles. The zero-order valence-electron chi connectivity index (χ0n) is 14.8. The van der Waals surface area contributed by atoms with Crippen LogP contribution in [0.4, 0.5) is 0 Å². The standard InChI is InChI=1S/C17H26N2O5/c1-5-23-13(20)11-18-15(21)14(12-9-7-6-8-10-12)19-24-16(22)17(2,3)4/h9H,5-8,10-11H2,1-4H3,(H,18,21)/b19-14+. The molecule has 0 heterocycles. The third-order valence-corrected chi connectivity index (χ3v) is 3.34. The lowest BCUT2D eigenvalue weighted by atomic mass is 9.95. The van der Waals surface area contributed by atoms with Crippen LogP contribution in [0.15, 0.2) is 16.8 Å². The zero-order chi connectivity index (χ0) is 18.2. The summed E-state index contributed by atoms with van der Waals surface area (Å²) >= 11 is 0. The van der Waals surface area contributed by atoms with Gasteiger partial charge in [-0.05, 0) is 59.0 Å². The normalized spacial score (nSPS) is 15.3. The van der Waals surface area contributed by atoms with Gasteiger partial charge in [0.1, 0.15) is 6.54 Å². The molecule has 0 saturated heterocycles. The number of carbonyl (C=O) groups excluding carboxylic acids is 3. The molecule has 1 aliphatic carbocycles. The second kappa shape index (κ2) is 9.20. The number of hydrogen-bond acceptors (Lipinski definition) is 6. The smallest absolute Gasteiger partial charge is 0.340 e. The van der Waals surface area contributed by atoms with Crippen LogP contribution in [0.25, 0.3) is 0 Å². The van der Waals surface area contributed by atoms with E-state index in [0.717, 1.165) is 24.8 Å². The predicted octanol–water partition coefficient (Wildman–Crippen LogP) is 2.11. The molecule has 0 spiro atoms. The minimum Gasteiger partial charge on any atom is -0.465 e. The Hall–Kier alpha value is -2.18. The lowest BCUT2D eigenvalue weighted by Crippen LogP contribution is -2.37. The molecule has 0 aromatic carbocycles. The first-order valence-electron chi connectivity index (χ1n) is 8.18. The molecule has 0 bridgehead atoms. The Bertz CT molecular complexity index is 544. The van der Waals surface area contributed by atoms with Crippen molar-refractivity contribution in [1.82, 2.24) is 5.32 Å². The molecular formula is C17H26N2O5. The van der Waals surface area contributed by atoms with E-state index in [1.54, 1.807) is 27.7 Å². The summed E-state index contributed by atoms with van der Waals surface area (Å²) in [6.07, 6.45) is 5.41. The van der Waals surface area contributed by atoms with Gasteiger partial charge in [0.2, 0.25) is 0 Å². The Balaban J connectivity index is 2.85. The van der Waals surface area contributed by atoms with Gasteiger partial charge >= 0.3 is 11.9 Å². The van der Waals surface area contributed by atoms with Crippen LogP contribution in [0.2, 0.25) is 0 Å². The Labute approximate surface area is 142 Å². The van der Waals surface area contributed by atoms with E-state index in [0.29, 0.717) is 6.42 Å². The number of nitrogens with zero attached hydrogens (tertiary/aromatic N) is 1. The Morgan fingerprint density at radius 2 is 1.96 bits per heavy atom.